The largest absolute Gasteiger partial charge is 0.501 e. The Morgan fingerprint density at radius 3 is 2.95 bits per heavy atom. The van der Waals surface area contributed by atoms with Gasteiger partial charge < -0.3 is 14.8 Å². The summed E-state index contributed by atoms with van der Waals surface area (Å²) in [5, 5.41) is 3.26. The summed E-state index contributed by atoms with van der Waals surface area (Å²) in [6.45, 7) is 8.06. The van der Waals surface area contributed by atoms with Crippen molar-refractivity contribution in [3.8, 4) is 5.75 Å². The molecule has 1 saturated carbocycles. The van der Waals surface area contributed by atoms with Gasteiger partial charge in [0.25, 0.3) is 0 Å². The van der Waals surface area contributed by atoms with Crippen LogP contribution in [0.15, 0.2) is 36.9 Å². The van der Waals surface area contributed by atoms with Crippen molar-refractivity contribution >= 4 is 11.6 Å². The highest BCUT2D eigenvalue weighted by Crippen LogP contribution is 2.53. The van der Waals surface area contributed by atoms with E-state index in [4.69, 9.17) is 9.47 Å². The molecule has 0 aromatic carbocycles. The summed E-state index contributed by atoms with van der Waals surface area (Å²) in [5.41, 5.74) is 1.60. The average Bonchev–Trinajstić information content (AvgIpc) is 2.80. The maximum absolute atomic E-state index is 12.2. The summed E-state index contributed by atoms with van der Waals surface area (Å²) in [4.78, 5) is 16.6. The van der Waals surface area contributed by atoms with E-state index in [1.165, 1.54) is 0 Å². The van der Waals surface area contributed by atoms with Crippen LogP contribution in [-0.2, 0) is 14.9 Å². The average molecular weight is 300 g/mol. The van der Waals surface area contributed by atoms with Crippen LogP contribution in [-0.4, -0.2) is 25.0 Å². The minimum atomic E-state index is -0.322. The molecular weight excluding hydrogens is 280 g/mol. The van der Waals surface area contributed by atoms with Crippen LogP contribution < -0.4 is 10.1 Å². The molecule has 22 heavy (non-hydrogen) atoms. The van der Waals surface area contributed by atoms with Crippen LogP contribution in [0.1, 0.15) is 24.8 Å². The Morgan fingerprint density at radius 2 is 2.27 bits per heavy atom. The van der Waals surface area contributed by atoms with Crippen LogP contribution in [0.4, 0.5) is 5.82 Å². The van der Waals surface area contributed by atoms with Gasteiger partial charge in [-0.15, -0.1) is 0 Å². The number of nitrogens with zero attached hydrogens (tertiary/aromatic N) is 1. The molecule has 1 N–H and O–H groups in total. The predicted octanol–water partition coefficient (Wildman–Crippen LogP) is 2.80. The normalized spacial score (nSPS) is 26.5. The van der Waals surface area contributed by atoms with Gasteiger partial charge in [-0.3, -0.25) is 4.79 Å². The van der Waals surface area contributed by atoms with Crippen LogP contribution in [0, 0.1) is 5.92 Å². The molecule has 1 fully saturated rings. The Kier molecular flexibility index (Phi) is 3.43. The number of ketones is 1. The fraction of sp³-hybridized carbons (Fsp3) is 0.412. The van der Waals surface area contributed by atoms with E-state index >= 15 is 0 Å². The van der Waals surface area contributed by atoms with Crippen LogP contribution in [0.25, 0.3) is 0 Å². The lowest BCUT2D eigenvalue weighted by atomic mass is 9.65. The van der Waals surface area contributed by atoms with Gasteiger partial charge in [0.15, 0.2) is 0 Å². The summed E-state index contributed by atoms with van der Waals surface area (Å²) >= 11 is 0. The maximum atomic E-state index is 12.2. The number of rotatable bonds is 3. The summed E-state index contributed by atoms with van der Waals surface area (Å²) in [7, 11) is 3.17. The van der Waals surface area contributed by atoms with Crippen molar-refractivity contribution < 1.29 is 14.3 Å². The zero-order valence-electron chi connectivity index (χ0n) is 12.9. The monoisotopic (exact) mass is 300 g/mol. The molecule has 5 heteroatoms. The van der Waals surface area contributed by atoms with Crippen LogP contribution >= 0.6 is 0 Å². The van der Waals surface area contributed by atoms with Crippen molar-refractivity contribution in [2.75, 3.05) is 19.5 Å². The standard InChI is InChI=1S/C17H20N2O3/c1-10(21-3)13-8-17(6-5-15(13)20)11(2)19-16-14(17)7-12(22-4)9-18-16/h7,9,13H,1-2,5-6,8H2,3-4H3,(H,18,19). The van der Waals surface area contributed by atoms with Crippen molar-refractivity contribution in [3.05, 3.63) is 42.4 Å². The first kappa shape index (κ1) is 14.6. The van der Waals surface area contributed by atoms with Crippen LogP contribution in [0.3, 0.4) is 0 Å². The number of methoxy groups -OCH3 is 2. The van der Waals surface area contributed by atoms with E-state index in [2.05, 4.69) is 23.5 Å². The number of pyridine rings is 1. The molecule has 1 aliphatic heterocycles. The van der Waals surface area contributed by atoms with Gasteiger partial charge in [-0.05, 0) is 18.9 Å². The Morgan fingerprint density at radius 1 is 1.50 bits per heavy atom. The van der Waals surface area contributed by atoms with E-state index < -0.39 is 0 Å². The van der Waals surface area contributed by atoms with Crippen LogP contribution in [0.2, 0.25) is 0 Å². The van der Waals surface area contributed by atoms with Crippen molar-refractivity contribution in [2.45, 2.75) is 24.7 Å². The Labute approximate surface area is 130 Å². The number of anilines is 1. The molecule has 2 atom stereocenters. The molecule has 2 unspecified atom stereocenters. The van der Waals surface area contributed by atoms with Gasteiger partial charge in [-0.2, -0.15) is 0 Å². The Balaban J connectivity index is 2.05. The number of Topliss-reactive ketones (excluding diaryl/α,β-unsaturated/α-hetero) is 1. The number of nitrogens with one attached hydrogen (secondary N) is 1. The molecule has 5 nitrogen and oxygen atoms in total. The van der Waals surface area contributed by atoms with Crippen molar-refractivity contribution in [2.24, 2.45) is 5.92 Å². The maximum Gasteiger partial charge on any atom is 0.143 e. The molecule has 1 aliphatic carbocycles. The van der Waals surface area contributed by atoms with E-state index in [1.54, 1.807) is 20.4 Å². The highest BCUT2D eigenvalue weighted by atomic mass is 16.5. The molecule has 1 spiro atoms. The van der Waals surface area contributed by atoms with Crippen LogP contribution in [0.5, 0.6) is 5.75 Å². The number of fused-ring (bicyclic) bond motifs is 2. The number of carbonyl (C=O) groups excluding carboxylic acids is 1. The minimum Gasteiger partial charge on any atom is -0.501 e. The summed E-state index contributed by atoms with van der Waals surface area (Å²) in [6.07, 6.45) is 3.47. The van der Waals surface area contributed by atoms with Gasteiger partial charge in [0.1, 0.15) is 17.4 Å². The molecular formula is C17H20N2O3. The lowest BCUT2D eigenvalue weighted by Gasteiger charge is -2.38. The quantitative estimate of drug-likeness (QED) is 0.870. The number of allylic oxidation sites excluding steroid dienone is 2. The molecule has 0 bridgehead atoms. The number of hydrogen-bond acceptors (Lipinski definition) is 5. The van der Waals surface area contributed by atoms with Gasteiger partial charge in [0, 0.05) is 23.1 Å². The number of ether oxygens (including phenoxy) is 2. The molecule has 2 aliphatic rings. The highest BCUT2D eigenvalue weighted by molar-refractivity contribution is 5.85. The van der Waals surface area contributed by atoms with Gasteiger partial charge in [0.2, 0.25) is 0 Å². The summed E-state index contributed by atoms with van der Waals surface area (Å²) in [5.74, 6) is 1.88. The minimum absolute atomic E-state index is 0.176. The fourth-order valence-corrected chi connectivity index (χ4v) is 3.48. The van der Waals surface area contributed by atoms with Gasteiger partial charge in [-0.1, -0.05) is 13.2 Å². The molecule has 1 aromatic heterocycles. The third-order valence-corrected chi connectivity index (χ3v) is 4.85. The zero-order chi connectivity index (χ0) is 15.9. The van der Waals surface area contributed by atoms with Crippen molar-refractivity contribution in [1.82, 2.24) is 4.98 Å². The molecule has 0 radical (unpaired) electrons. The van der Waals surface area contributed by atoms with Crippen molar-refractivity contribution in [3.63, 3.8) is 0 Å². The van der Waals surface area contributed by atoms with E-state index in [9.17, 15) is 4.79 Å². The molecule has 116 valence electrons. The lowest BCUT2D eigenvalue weighted by molar-refractivity contribution is -0.125. The van der Waals surface area contributed by atoms with Gasteiger partial charge >= 0.3 is 0 Å². The molecule has 1 aromatic rings. The smallest absolute Gasteiger partial charge is 0.143 e. The topological polar surface area (TPSA) is 60.5 Å². The Hall–Kier alpha value is -2.30. The summed E-state index contributed by atoms with van der Waals surface area (Å²) < 4.78 is 10.5. The van der Waals surface area contributed by atoms with E-state index in [1.807, 2.05) is 6.07 Å². The second-order valence-corrected chi connectivity index (χ2v) is 5.85. The fourth-order valence-electron chi connectivity index (χ4n) is 3.48. The third kappa shape index (κ3) is 2.00. The highest BCUT2D eigenvalue weighted by Gasteiger charge is 2.49. The van der Waals surface area contributed by atoms with E-state index in [-0.39, 0.29) is 17.1 Å². The third-order valence-electron chi connectivity index (χ3n) is 4.85. The molecule has 0 saturated heterocycles. The van der Waals surface area contributed by atoms with E-state index in [0.29, 0.717) is 30.8 Å². The summed E-state index contributed by atoms with van der Waals surface area (Å²) in [6, 6.07) is 1.98. The SMILES string of the molecule is C=C(OC)C1CC2(CCC1=O)C(=C)Nc1ncc(OC)cc12. The second-order valence-electron chi connectivity index (χ2n) is 5.85. The van der Waals surface area contributed by atoms with E-state index in [0.717, 1.165) is 17.1 Å². The first-order valence-electron chi connectivity index (χ1n) is 7.28. The number of carbonyl (C=O) groups is 1. The first-order valence-corrected chi connectivity index (χ1v) is 7.28. The molecule has 3 rings (SSSR count). The predicted molar refractivity (Wildman–Crippen MR) is 83.7 cm³/mol. The molecule has 2 heterocycles. The zero-order valence-corrected chi connectivity index (χ0v) is 12.9. The van der Waals surface area contributed by atoms with Gasteiger partial charge in [-0.25, -0.2) is 4.98 Å². The molecule has 0 amide bonds. The van der Waals surface area contributed by atoms with Crippen molar-refractivity contribution in [1.29, 1.82) is 0 Å². The first-order chi connectivity index (χ1) is 10.5. The lowest BCUT2D eigenvalue weighted by Crippen LogP contribution is -2.38. The Bertz CT molecular complexity index is 660. The van der Waals surface area contributed by atoms with Gasteiger partial charge in [0.05, 0.1) is 32.1 Å². The second kappa shape index (κ2) is 5.16. The number of hydrogen-bond donors (Lipinski definition) is 1. The number of aromatic nitrogens is 1.